The predicted octanol–water partition coefficient (Wildman–Crippen LogP) is 3.66. The Kier molecular flexibility index (Phi) is 3.32. The molecular formula is C15H12Cl2N2O. The highest BCUT2D eigenvalue weighted by atomic mass is 35.5. The standard InChI is InChI=1S/C15H12Cl2N2O/c16-11-2-1-9(13(17)7-11)8-19-14-4-3-12(18)5-10(14)6-15(19)20/h1-5,7H,6,8,18H2. The largest absolute Gasteiger partial charge is 0.399 e. The van der Waals surface area contributed by atoms with Crippen LogP contribution in [-0.4, -0.2) is 5.91 Å². The van der Waals surface area contributed by atoms with Crippen LogP contribution in [0.2, 0.25) is 10.0 Å². The van der Waals surface area contributed by atoms with E-state index in [0.717, 1.165) is 16.8 Å². The number of hydrogen-bond donors (Lipinski definition) is 1. The Morgan fingerprint density at radius 1 is 1.15 bits per heavy atom. The Morgan fingerprint density at radius 2 is 1.95 bits per heavy atom. The molecule has 1 aliphatic heterocycles. The topological polar surface area (TPSA) is 46.3 Å². The third-order valence-corrected chi connectivity index (χ3v) is 3.97. The van der Waals surface area contributed by atoms with Gasteiger partial charge in [0.05, 0.1) is 13.0 Å². The maximum Gasteiger partial charge on any atom is 0.231 e. The van der Waals surface area contributed by atoms with Crippen molar-refractivity contribution in [2.75, 3.05) is 10.6 Å². The van der Waals surface area contributed by atoms with Gasteiger partial charge in [-0.05, 0) is 41.5 Å². The highest BCUT2D eigenvalue weighted by Crippen LogP contribution is 2.33. The number of carbonyl (C=O) groups is 1. The second-order valence-electron chi connectivity index (χ2n) is 4.78. The van der Waals surface area contributed by atoms with E-state index in [9.17, 15) is 4.79 Å². The molecule has 0 aliphatic carbocycles. The quantitative estimate of drug-likeness (QED) is 0.861. The Bertz CT molecular complexity index is 700. The van der Waals surface area contributed by atoms with Gasteiger partial charge in [-0.3, -0.25) is 4.79 Å². The number of halogens is 2. The zero-order valence-electron chi connectivity index (χ0n) is 10.6. The van der Waals surface area contributed by atoms with E-state index in [0.29, 0.717) is 28.7 Å². The van der Waals surface area contributed by atoms with Crippen LogP contribution in [0.3, 0.4) is 0 Å². The first-order valence-corrected chi connectivity index (χ1v) is 6.93. The van der Waals surface area contributed by atoms with Gasteiger partial charge in [-0.25, -0.2) is 0 Å². The van der Waals surface area contributed by atoms with Crippen molar-refractivity contribution in [2.45, 2.75) is 13.0 Å². The maximum absolute atomic E-state index is 12.1. The number of anilines is 2. The summed E-state index contributed by atoms with van der Waals surface area (Å²) in [7, 11) is 0. The van der Waals surface area contributed by atoms with Crippen LogP contribution in [-0.2, 0) is 17.8 Å². The summed E-state index contributed by atoms with van der Waals surface area (Å²) < 4.78 is 0. The van der Waals surface area contributed by atoms with E-state index in [2.05, 4.69) is 0 Å². The summed E-state index contributed by atoms with van der Waals surface area (Å²) >= 11 is 12.0. The molecule has 0 spiro atoms. The first kappa shape index (κ1) is 13.3. The minimum Gasteiger partial charge on any atom is -0.399 e. The molecular weight excluding hydrogens is 295 g/mol. The maximum atomic E-state index is 12.1. The van der Waals surface area contributed by atoms with Gasteiger partial charge in [0.15, 0.2) is 0 Å². The summed E-state index contributed by atoms with van der Waals surface area (Å²) in [6, 6.07) is 10.8. The van der Waals surface area contributed by atoms with Crippen LogP contribution in [0.4, 0.5) is 11.4 Å². The van der Waals surface area contributed by atoms with Crippen molar-refractivity contribution in [3.05, 3.63) is 57.6 Å². The molecule has 0 fully saturated rings. The Morgan fingerprint density at radius 3 is 2.70 bits per heavy atom. The molecule has 0 bridgehead atoms. The van der Waals surface area contributed by atoms with Crippen molar-refractivity contribution < 1.29 is 4.79 Å². The molecule has 3 nitrogen and oxygen atoms in total. The number of nitrogens with two attached hydrogens (primary N) is 1. The van der Waals surface area contributed by atoms with Gasteiger partial charge in [0, 0.05) is 21.4 Å². The number of nitrogens with zero attached hydrogens (tertiary/aromatic N) is 1. The van der Waals surface area contributed by atoms with E-state index >= 15 is 0 Å². The van der Waals surface area contributed by atoms with Gasteiger partial charge in [-0.15, -0.1) is 0 Å². The molecule has 0 aromatic heterocycles. The third kappa shape index (κ3) is 2.35. The molecule has 2 N–H and O–H groups in total. The summed E-state index contributed by atoms with van der Waals surface area (Å²) in [6.07, 6.45) is 0.381. The second-order valence-corrected chi connectivity index (χ2v) is 5.62. The molecule has 0 radical (unpaired) electrons. The smallest absolute Gasteiger partial charge is 0.231 e. The zero-order chi connectivity index (χ0) is 14.3. The predicted molar refractivity (Wildman–Crippen MR) is 82.2 cm³/mol. The summed E-state index contributed by atoms with van der Waals surface area (Å²) in [5.74, 6) is 0.0524. The molecule has 102 valence electrons. The lowest BCUT2D eigenvalue weighted by Crippen LogP contribution is -2.26. The summed E-state index contributed by atoms with van der Waals surface area (Å²) in [5.41, 5.74) is 9.15. The molecule has 0 saturated heterocycles. The van der Waals surface area contributed by atoms with Crippen LogP contribution in [0.5, 0.6) is 0 Å². The third-order valence-electron chi connectivity index (χ3n) is 3.38. The molecule has 2 aromatic rings. The molecule has 0 unspecified atom stereocenters. The van der Waals surface area contributed by atoms with Gasteiger partial charge in [-0.1, -0.05) is 29.3 Å². The van der Waals surface area contributed by atoms with E-state index < -0.39 is 0 Å². The number of rotatable bonds is 2. The number of carbonyl (C=O) groups excluding carboxylic acids is 1. The Balaban J connectivity index is 1.94. The van der Waals surface area contributed by atoms with Crippen molar-refractivity contribution in [1.29, 1.82) is 0 Å². The zero-order valence-corrected chi connectivity index (χ0v) is 12.1. The summed E-state index contributed by atoms with van der Waals surface area (Å²) in [6.45, 7) is 0.436. The van der Waals surface area contributed by atoms with Crippen molar-refractivity contribution in [3.63, 3.8) is 0 Å². The molecule has 2 aromatic carbocycles. The normalized spacial score (nSPS) is 13.7. The molecule has 20 heavy (non-hydrogen) atoms. The average Bonchev–Trinajstić information content (AvgIpc) is 2.68. The number of hydrogen-bond acceptors (Lipinski definition) is 2. The summed E-state index contributed by atoms with van der Waals surface area (Å²) in [5, 5.41) is 1.15. The lowest BCUT2D eigenvalue weighted by molar-refractivity contribution is -0.117. The number of fused-ring (bicyclic) bond motifs is 1. The van der Waals surface area contributed by atoms with Gasteiger partial charge in [0.1, 0.15) is 0 Å². The lowest BCUT2D eigenvalue weighted by Gasteiger charge is -2.18. The molecule has 3 rings (SSSR count). The van der Waals surface area contributed by atoms with E-state index in [1.165, 1.54) is 0 Å². The molecule has 0 atom stereocenters. The first-order chi connectivity index (χ1) is 9.54. The molecule has 1 aliphatic rings. The van der Waals surface area contributed by atoms with Gasteiger partial charge in [-0.2, -0.15) is 0 Å². The highest BCUT2D eigenvalue weighted by molar-refractivity contribution is 6.35. The van der Waals surface area contributed by atoms with Gasteiger partial charge < -0.3 is 10.6 Å². The average molecular weight is 307 g/mol. The SMILES string of the molecule is Nc1ccc2c(c1)CC(=O)N2Cc1ccc(Cl)cc1Cl. The fourth-order valence-corrected chi connectivity index (χ4v) is 2.86. The fourth-order valence-electron chi connectivity index (χ4n) is 2.40. The van der Waals surface area contributed by atoms with Crippen LogP contribution >= 0.6 is 23.2 Å². The number of benzene rings is 2. The van der Waals surface area contributed by atoms with Crippen LogP contribution in [0.1, 0.15) is 11.1 Å². The first-order valence-electron chi connectivity index (χ1n) is 6.17. The van der Waals surface area contributed by atoms with Crippen molar-refractivity contribution in [2.24, 2.45) is 0 Å². The highest BCUT2D eigenvalue weighted by Gasteiger charge is 2.27. The number of nitrogen functional groups attached to an aromatic ring is 1. The van der Waals surface area contributed by atoms with Crippen LogP contribution in [0.15, 0.2) is 36.4 Å². The fraction of sp³-hybridized carbons (Fsp3) is 0.133. The van der Waals surface area contributed by atoms with Crippen molar-refractivity contribution >= 4 is 40.5 Å². The van der Waals surface area contributed by atoms with Gasteiger partial charge in [0.2, 0.25) is 5.91 Å². The number of amides is 1. The lowest BCUT2D eigenvalue weighted by atomic mass is 10.1. The van der Waals surface area contributed by atoms with Crippen LogP contribution in [0.25, 0.3) is 0 Å². The van der Waals surface area contributed by atoms with Crippen LogP contribution in [0, 0.1) is 0 Å². The van der Waals surface area contributed by atoms with Gasteiger partial charge >= 0.3 is 0 Å². The van der Waals surface area contributed by atoms with E-state index in [-0.39, 0.29) is 5.91 Å². The minimum atomic E-state index is 0.0524. The van der Waals surface area contributed by atoms with Crippen LogP contribution < -0.4 is 10.6 Å². The van der Waals surface area contributed by atoms with Gasteiger partial charge in [0.25, 0.3) is 0 Å². The Labute approximate surface area is 126 Å². The van der Waals surface area contributed by atoms with Crippen molar-refractivity contribution in [3.8, 4) is 0 Å². The monoisotopic (exact) mass is 306 g/mol. The Hall–Kier alpha value is -1.71. The minimum absolute atomic E-state index is 0.0524. The molecule has 5 heteroatoms. The molecule has 1 heterocycles. The van der Waals surface area contributed by atoms with E-state index in [1.54, 1.807) is 23.1 Å². The van der Waals surface area contributed by atoms with E-state index in [4.69, 9.17) is 28.9 Å². The summed E-state index contributed by atoms with van der Waals surface area (Å²) in [4.78, 5) is 13.9. The molecule has 1 amide bonds. The molecule has 0 saturated carbocycles. The van der Waals surface area contributed by atoms with Crippen molar-refractivity contribution in [1.82, 2.24) is 0 Å². The van der Waals surface area contributed by atoms with E-state index in [1.807, 2.05) is 18.2 Å². The second kappa shape index (κ2) is 5.00.